The van der Waals surface area contributed by atoms with Gasteiger partial charge in [-0.2, -0.15) is 0 Å². The highest BCUT2D eigenvalue weighted by Gasteiger charge is 2.11. The highest BCUT2D eigenvalue weighted by molar-refractivity contribution is 6.29. The van der Waals surface area contributed by atoms with Crippen LogP contribution in [0, 0.1) is 0 Å². The van der Waals surface area contributed by atoms with Gasteiger partial charge in [-0.15, -0.1) is 0 Å². The molecule has 1 N–H and O–H groups in total. The van der Waals surface area contributed by atoms with E-state index in [1.165, 1.54) is 0 Å². The van der Waals surface area contributed by atoms with Crippen LogP contribution < -0.4 is 5.32 Å². The number of fused-ring (bicyclic) bond motifs is 1. The molecule has 0 unspecified atom stereocenters. The van der Waals surface area contributed by atoms with E-state index in [1.807, 2.05) is 61.8 Å². The van der Waals surface area contributed by atoms with Gasteiger partial charge in [-0.3, -0.25) is 4.79 Å². The van der Waals surface area contributed by atoms with Crippen molar-refractivity contribution < 1.29 is 4.79 Å². The van der Waals surface area contributed by atoms with Crippen molar-refractivity contribution in [3.8, 4) is 5.69 Å². The van der Waals surface area contributed by atoms with E-state index >= 15 is 0 Å². The van der Waals surface area contributed by atoms with E-state index in [2.05, 4.69) is 14.9 Å². The van der Waals surface area contributed by atoms with Gasteiger partial charge in [0.1, 0.15) is 0 Å². The van der Waals surface area contributed by atoms with Crippen molar-refractivity contribution in [3.05, 3.63) is 83.4 Å². The molecule has 0 saturated heterocycles. The molecule has 4 rings (SSSR count). The lowest BCUT2D eigenvalue weighted by molar-refractivity contribution is 0.0950. The lowest BCUT2D eigenvalue weighted by atomic mass is 10.2. The zero-order valence-corrected chi connectivity index (χ0v) is 14.9. The number of benzene rings is 2. The topological polar surface area (TPSA) is 51.9 Å². The summed E-state index contributed by atoms with van der Waals surface area (Å²) in [6, 6.07) is 19.4. The number of nitrogens with zero attached hydrogens (tertiary/aromatic N) is 3. The molecule has 0 aliphatic rings. The van der Waals surface area contributed by atoms with Crippen LogP contribution in [-0.4, -0.2) is 20.0 Å². The number of hydrogen-bond acceptors (Lipinski definition) is 2. The van der Waals surface area contributed by atoms with Crippen LogP contribution in [0.4, 0.5) is 0 Å². The summed E-state index contributed by atoms with van der Waals surface area (Å²) < 4.78 is 3.82. The number of rotatable bonds is 4. The number of amides is 1. The molecule has 0 atom stereocenters. The first-order valence-corrected chi connectivity index (χ1v) is 8.63. The van der Waals surface area contributed by atoms with Crippen LogP contribution in [-0.2, 0) is 13.6 Å². The minimum atomic E-state index is -0.134. The van der Waals surface area contributed by atoms with E-state index in [1.54, 1.807) is 16.7 Å². The minimum absolute atomic E-state index is 0.134. The number of aryl methyl sites for hydroxylation is 1. The zero-order valence-electron chi connectivity index (χ0n) is 14.2. The van der Waals surface area contributed by atoms with Crippen LogP contribution in [0.2, 0.25) is 5.28 Å². The van der Waals surface area contributed by atoms with Crippen molar-refractivity contribution in [2.75, 3.05) is 0 Å². The molecule has 0 aliphatic carbocycles. The fraction of sp³-hybridized carbons (Fsp3) is 0.100. The van der Waals surface area contributed by atoms with Crippen molar-refractivity contribution in [1.29, 1.82) is 0 Å². The largest absolute Gasteiger partial charge is 0.346 e. The summed E-state index contributed by atoms with van der Waals surface area (Å²) in [5.74, 6) is -0.134. The molecular weight excluding hydrogens is 348 g/mol. The van der Waals surface area contributed by atoms with Gasteiger partial charge in [0.15, 0.2) is 0 Å². The smallest absolute Gasteiger partial charge is 0.251 e. The van der Waals surface area contributed by atoms with Crippen LogP contribution in [0.5, 0.6) is 0 Å². The molecule has 0 bridgehead atoms. The third-order valence-corrected chi connectivity index (χ3v) is 4.72. The minimum Gasteiger partial charge on any atom is -0.346 e. The average molecular weight is 365 g/mol. The van der Waals surface area contributed by atoms with E-state index in [9.17, 15) is 4.79 Å². The van der Waals surface area contributed by atoms with Gasteiger partial charge in [0.2, 0.25) is 5.28 Å². The molecule has 0 aliphatic heterocycles. The second-order valence-electron chi connectivity index (χ2n) is 6.03. The maximum atomic E-state index is 12.6. The Morgan fingerprint density at radius 1 is 1.12 bits per heavy atom. The van der Waals surface area contributed by atoms with E-state index in [4.69, 9.17) is 11.6 Å². The number of halogens is 1. The molecule has 1 amide bonds. The van der Waals surface area contributed by atoms with Crippen LogP contribution in [0.15, 0.2) is 66.9 Å². The Morgan fingerprint density at radius 3 is 2.73 bits per heavy atom. The molecule has 2 aromatic carbocycles. The number of nitrogens with one attached hydrogen (secondary N) is 1. The SMILES string of the molecule is Cn1c(Cl)nc2ccc(C(=O)NCc3cccn3-c3ccccc3)cc21. The summed E-state index contributed by atoms with van der Waals surface area (Å²) in [6.07, 6.45) is 1.99. The summed E-state index contributed by atoms with van der Waals surface area (Å²) in [5, 5.41) is 3.38. The monoisotopic (exact) mass is 364 g/mol. The molecule has 4 aromatic rings. The van der Waals surface area contributed by atoms with Gasteiger partial charge >= 0.3 is 0 Å². The maximum Gasteiger partial charge on any atom is 0.251 e. The third-order valence-electron chi connectivity index (χ3n) is 4.39. The Kier molecular flexibility index (Phi) is 4.22. The Morgan fingerprint density at radius 2 is 1.92 bits per heavy atom. The number of carbonyl (C=O) groups is 1. The number of imidazole rings is 1. The molecule has 0 spiro atoms. The Bertz CT molecular complexity index is 1080. The molecule has 2 heterocycles. The normalized spacial score (nSPS) is 11.0. The first-order chi connectivity index (χ1) is 12.6. The summed E-state index contributed by atoms with van der Waals surface area (Å²) in [4.78, 5) is 16.8. The highest BCUT2D eigenvalue weighted by atomic mass is 35.5. The fourth-order valence-corrected chi connectivity index (χ4v) is 3.16. The average Bonchev–Trinajstić information content (AvgIpc) is 3.25. The predicted octanol–water partition coefficient (Wildman–Crippen LogP) is 3.95. The van der Waals surface area contributed by atoms with E-state index in [0.29, 0.717) is 17.4 Å². The molecular formula is C20H17ClN4O. The quantitative estimate of drug-likeness (QED) is 0.596. The highest BCUT2D eigenvalue weighted by Crippen LogP contribution is 2.20. The second-order valence-corrected chi connectivity index (χ2v) is 6.37. The van der Waals surface area contributed by atoms with Crippen molar-refractivity contribution in [2.45, 2.75) is 6.54 Å². The second kappa shape index (κ2) is 6.69. The number of para-hydroxylation sites is 1. The van der Waals surface area contributed by atoms with Crippen LogP contribution in [0.25, 0.3) is 16.7 Å². The maximum absolute atomic E-state index is 12.6. The van der Waals surface area contributed by atoms with Crippen molar-refractivity contribution >= 4 is 28.5 Å². The lowest BCUT2D eigenvalue weighted by Gasteiger charge is -2.10. The van der Waals surface area contributed by atoms with Crippen LogP contribution in [0.1, 0.15) is 16.1 Å². The van der Waals surface area contributed by atoms with E-state index < -0.39 is 0 Å². The van der Waals surface area contributed by atoms with Gasteiger partial charge in [0.25, 0.3) is 5.91 Å². The van der Waals surface area contributed by atoms with E-state index in [0.717, 1.165) is 22.4 Å². The van der Waals surface area contributed by atoms with Crippen molar-refractivity contribution in [2.24, 2.45) is 7.05 Å². The zero-order chi connectivity index (χ0) is 18.1. The van der Waals surface area contributed by atoms with Gasteiger partial charge in [0, 0.05) is 30.2 Å². The molecule has 26 heavy (non-hydrogen) atoms. The summed E-state index contributed by atoms with van der Waals surface area (Å²) >= 11 is 6.04. The predicted molar refractivity (Wildman–Crippen MR) is 103 cm³/mol. The molecule has 0 fully saturated rings. The lowest BCUT2D eigenvalue weighted by Crippen LogP contribution is -2.24. The Balaban J connectivity index is 1.53. The fourth-order valence-electron chi connectivity index (χ4n) is 2.98. The first-order valence-electron chi connectivity index (χ1n) is 8.25. The standard InChI is InChI=1S/C20H17ClN4O/c1-24-18-12-14(9-10-17(18)23-20(24)21)19(26)22-13-16-8-5-11-25(16)15-6-3-2-4-7-15/h2-12H,13H2,1H3,(H,22,26). The molecule has 6 heteroatoms. The molecule has 0 radical (unpaired) electrons. The van der Waals surface area contributed by atoms with E-state index in [-0.39, 0.29) is 5.91 Å². The Labute approximate surface area is 155 Å². The molecule has 130 valence electrons. The Hall–Kier alpha value is -3.05. The number of hydrogen-bond donors (Lipinski definition) is 1. The van der Waals surface area contributed by atoms with Crippen molar-refractivity contribution in [1.82, 2.24) is 19.4 Å². The van der Waals surface area contributed by atoms with Gasteiger partial charge in [-0.1, -0.05) is 18.2 Å². The number of carbonyl (C=O) groups excluding carboxylic acids is 1. The summed E-state index contributed by atoms with van der Waals surface area (Å²) in [5.41, 5.74) is 4.25. The summed E-state index contributed by atoms with van der Waals surface area (Å²) in [6.45, 7) is 0.435. The molecule has 0 saturated carbocycles. The molecule has 5 nitrogen and oxygen atoms in total. The van der Waals surface area contributed by atoms with Gasteiger partial charge < -0.3 is 14.5 Å². The van der Waals surface area contributed by atoms with Gasteiger partial charge in [0.05, 0.1) is 17.6 Å². The van der Waals surface area contributed by atoms with Crippen molar-refractivity contribution in [3.63, 3.8) is 0 Å². The van der Waals surface area contributed by atoms with Crippen LogP contribution >= 0.6 is 11.6 Å². The first kappa shape index (κ1) is 16.4. The van der Waals surface area contributed by atoms with Gasteiger partial charge in [-0.05, 0) is 54.1 Å². The summed E-state index contributed by atoms with van der Waals surface area (Å²) in [7, 11) is 1.83. The number of aromatic nitrogens is 3. The van der Waals surface area contributed by atoms with Crippen LogP contribution in [0.3, 0.4) is 0 Å². The molecule has 2 aromatic heterocycles. The third kappa shape index (κ3) is 2.97. The van der Waals surface area contributed by atoms with Gasteiger partial charge in [-0.25, -0.2) is 4.98 Å².